The van der Waals surface area contributed by atoms with Crippen molar-refractivity contribution in [3.05, 3.63) is 23.5 Å². The van der Waals surface area contributed by atoms with E-state index < -0.39 is 0 Å². The molecule has 0 bridgehead atoms. The highest BCUT2D eigenvalue weighted by atomic mass is 32.2. The van der Waals surface area contributed by atoms with Crippen LogP contribution in [0.5, 0.6) is 0 Å². The van der Waals surface area contributed by atoms with Gasteiger partial charge in [0.1, 0.15) is 6.54 Å². The Balaban J connectivity index is 2.09. The normalized spacial score (nSPS) is 20.5. The van der Waals surface area contributed by atoms with Crippen molar-refractivity contribution in [3.8, 4) is 0 Å². The lowest BCUT2D eigenvalue weighted by Gasteiger charge is -2.24. The molecular weight excluding hydrogens is 290 g/mol. The van der Waals surface area contributed by atoms with Gasteiger partial charge >= 0.3 is 5.97 Å². The minimum atomic E-state index is -0.332. The number of carbonyl (C=O) groups excluding carboxylic acids is 2. The minimum absolute atomic E-state index is 0.101. The standard InChI is InChI=1S/C14H19N3O3S/c1-10(18)21-13-3-4-15-7-12(13)5-11-6-16-17(8-11)9-14(19)20-2/h5-6,8,13,15H,3-4,7,9H2,1-2H3/b12-5+. The molecule has 1 saturated heterocycles. The molecule has 1 N–H and O–H groups in total. The van der Waals surface area contributed by atoms with Crippen LogP contribution in [0.2, 0.25) is 0 Å². The summed E-state index contributed by atoms with van der Waals surface area (Å²) in [5, 5.41) is 7.79. The molecule has 1 aliphatic rings. The first kappa shape index (κ1) is 15.8. The van der Waals surface area contributed by atoms with Crippen LogP contribution in [0.3, 0.4) is 0 Å². The van der Waals surface area contributed by atoms with Gasteiger partial charge in [0, 0.05) is 30.5 Å². The van der Waals surface area contributed by atoms with Gasteiger partial charge in [-0.05, 0) is 18.5 Å². The van der Waals surface area contributed by atoms with Crippen molar-refractivity contribution in [1.29, 1.82) is 0 Å². The molecule has 1 fully saturated rings. The number of thioether (sulfide) groups is 1. The first-order valence-electron chi connectivity index (χ1n) is 6.76. The van der Waals surface area contributed by atoms with Gasteiger partial charge in [-0.2, -0.15) is 5.10 Å². The van der Waals surface area contributed by atoms with E-state index in [1.165, 1.54) is 24.4 Å². The lowest BCUT2D eigenvalue weighted by atomic mass is 10.0. The topological polar surface area (TPSA) is 73.2 Å². The number of piperidine rings is 1. The van der Waals surface area contributed by atoms with Crippen LogP contribution in [0.4, 0.5) is 0 Å². The lowest BCUT2D eigenvalue weighted by molar-refractivity contribution is -0.141. The summed E-state index contributed by atoms with van der Waals surface area (Å²) in [6.07, 6.45) is 6.48. The average Bonchev–Trinajstić information content (AvgIpc) is 2.87. The van der Waals surface area contributed by atoms with Crippen molar-refractivity contribution < 1.29 is 14.3 Å². The highest BCUT2D eigenvalue weighted by Gasteiger charge is 2.20. The Bertz CT molecular complexity index is 553. The number of ether oxygens (including phenoxy) is 1. The van der Waals surface area contributed by atoms with Crippen LogP contribution in [0.1, 0.15) is 18.9 Å². The third-order valence-electron chi connectivity index (χ3n) is 3.16. The Morgan fingerprint density at radius 1 is 1.62 bits per heavy atom. The predicted octanol–water partition coefficient (Wildman–Crippen LogP) is 1.08. The van der Waals surface area contributed by atoms with Crippen LogP contribution >= 0.6 is 11.8 Å². The number of nitrogens with one attached hydrogen (secondary N) is 1. The van der Waals surface area contributed by atoms with E-state index in [-0.39, 0.29) is 22.9 Å². The highest BCUT2D eigenvalue weighted by molar-refractivity contribution is 8.14. The van der Waals surface area contributed by atoms with E-state index >= 15 is 0 Å². The molecule has 0 aliphatic carbocycles. The summed E-state index contributed by atoms with van der Waals surface area (Å²) in [6, 6.07) is 0. The zero-order chi connectivity index (χ0) is 15.2. The summed E-state index contributed by atoms with van der Waals surface area (Å²) in [5.41, 5.74) is 2.10. The van der Waals surface area contributed by atoms with Crippen LogP contribution < -0.4 is 5.32 Å². The maximum Gasteiger partial charge on any atom is 0.327 e. The second kappa shape index (κ2) is 7.42. The Morgan fingerprint density at radius 2 is 2.43 bits per heavy atom. The van der Waals surface area contributed by atoms with Crippen molar-refractivity contribution in [2.75, 3.05) is 20.2 Å². The molecule has 1 aromatic rings. The summed E-state index contributed by atoms with van der Waals surface area (Å²) in [4.78, 5) is 22.5. The summed E-state index contributed by atoms with van der Waals surface area (Å²) < 4.78 is 6.15. The predicted molar refractivity (Wildman–Crippen MR) is 81.8 cm³/mol. The minimum Gasteiger partial charge on any atom is -0.468 e. The van der Waals surface area contributed by atoms with Crippen LogP contribution in [0.15, 0.2) is 18.0 Å². The smallest absolute Gasteiger partial charge is 0.327 e. The van der Waals surface area contributed by atoms with E-state index in [9.17, 15) is 9.59 Å². The van der Waals surface area contributed by atoms with E-state index in [1.807, 2.05) is 6.08 Å². The van der Waals surface area contributed by atoms with Crippen molar-refractivity contribution in [2.45, 2.75) is 25.1 Å². The molecule has 2 heterocycles. The lowest BCUT2D eigenvalue weighted by Crippen LogP contribution is -2.32. The molecule has 0 aromatic carbocycles. The van der Waals surface area contributed by atoms with Gasteiger partial charge in [0.05, 0.1) is 13.3 Å². The molecule has 1 aliphatic heterocycles. The number of hydrogen-bond acceptors (Lipinski definition) is 6. The Kier molecular flexibility index (Phi) is 5.58. The molecule has 1 atom stereocenters. The monoisotopic (exact) mass is 309 g/mol. The Hall–Kier alpha value is -1.60. The molecule has 1 aromatic heterocycles. The van der Waals surface area contributed by atoms with E-state index in [2.05, 4.69) is 15.2 Å². The van der Waals surface area contributed by atoms with Crippen LogP contribution in [-0.2, 0) is 20.9 Å². The Morgan fingerprint density at radius 3 is 3.14 bits per heavy atom. The maximum absolute atomic E-state index is 11.3. The van der Waals surface area contributed by atoms with E-state index in [0.29, 0.717) is 0 Å². The van der Waals surface area contributed by atoms with Gasteiger partial charge in [-0.25, -0.2) is 0 Å². The van der Waals surface area contributed by atoms with Crippen molar-refractivity contribution >= 4 is 28.9 Å². The van der Waals surface area contributed by atoms with Crippen LogP contribution in [-0.4, -0.2) is 46.3 Å². The van der Waals surface area contributed by atoms with Gasteiger partial charge in [-0.1, -0.05) is 17.8 Å². The number of methoxy groups -OCH3 is 1. The molecule has 2 rings (SSSR count). The van der Waals surface area contributed by atoms with Gasteiger partial charge in [0.2, 0.25) is 0 Å². The molecule has 6 nitrogen and oxygen atoms in total. The van der Waals surface area contributed by atoms with Gasteiger partial charge < -0.3 is 10.1 Å². The molecule has 21 heavy (non-hydrogen) atoms. The zero-order valence-corrected chi connectivity index (χ0v) is 13.0. The quantitative estimate of drug-likeness (QED) is 0.839. The second-order valence-corrected chi connectivity index (χ2v) is 6.21. The number of hydrogen-bond donors (Lipinski definition) is 1. The number of nitrogens with zero attached hydrogens (tertiary/aromatic N) is 2. The van der Waals surface area contributed by atoms with Gasteiger partial charge in [-0.15, -0.1) is 0 Å². The summed E-state index contributed by atoms with van der Waals surface area (Å²) in [6.45, 7) is 3.39. The number of rotatable bonds is 4. The van der Waals surface area contributed by atoms with Crippen molar-refractivity contribution in [1.82, 2.24) is 15.1 Å². The third kappa shape index (κ3) is 4.71. The second-order valence-electron chi connectivity index (χ2n) is 4.83. The van der Waals surface area contributed by atoms with Crippen molar-refractivity contribution in [3.63, 3.8) is 0 Å². The SMILES string of the molecule is COC(=O)Cn1cc(/C=C2\CNCCC2SC(C)=O)cn1. The zero-order valence-electron chi connectivity index (χ0n) is 12.2. The Labute approximate surface area is 127 Å². The molecule has 7 heteroatoms. The van der Waals surface area contributed by atoms with Gasteiger partial charge in [0.15, 0.2) is 5.12 Å². The molecule has 0 spiro atoms. The third-order valence-corrected chi connectivity index (χ3v) is 4.31. The summed E-state index contributed by atoms with van der Waals surface area (Å²) >= 11 is 1.38. The fourth-order valence-electron chi connectivity index (χ4n) is 2.20. The first-order chi connectivity index (χ1) is 10.1. The van der Waals surface area contributed by atoms with Gasteiger partial charge in [-0.3, -0.25) is 14.3 Å². The van der Waals surface area contributed by atoms with E-state index in [4.69, 9.17) is 0 Å². The fraction of sp³-hybridized carbons (Fsp3) is 0.500. The number of carbonyl (C=O) groups is 2. The molecule has 0 amide bonds. The largest absolute Gasteiger partial charge is 0.468 e. The van der Waals surface area contributed by atoms with Gasteiger partial charge in [0.25, 0.3) is 0 Å². The van der Waals surface area contributed by atoms with Crippen LogP contribution in [0, 0.1) is 0 Å². The molecule has 0 saturated carbocycles. The highest BCUT2D eigenvalue weighted by Crippen LogP contribution is 2.26. The fourth-order valence-corrected chi connectivity index (χ4v) is 3.13. The molecule has 1 unspecified atom stereocenters. The van der Waals surface area contributed by atoms with E-state index in [0.717, 1.165) is 25.1 Å². The summed E-state index contributed by atoms with van der Waals surface area (Å²) in [7, 11) is 1.35. The average molecular weight is 309 g/mol. The number of esters is 1. The van der Waals surface area contributed by atoms with Crippen molar-refractivity contribution in [2.24, 2.45) is 0 Å². The maximum atomic E-state index is 11.3. The number of aromatic nitrogens is 2. The molecule has 0 radical (unpaired) electrons. The van der Waals surface area contributed by atoms with Crippen LogP contribution in [0.25, 0.3) is 6.08 Å². The first-order valence-corrected chi connectivity index (χ1v) is 7.64. The molecular formula is C14H19N3O3S. The summed E-state index contributed by atoms with van der Waals surface area (Å²) in [5.74, 6) is -0.332. The van der Waals surface area contributed by atoms with E-state index in [1.54, 1.807) is 24.0 Å². The molecule has 114 valence electrons.